The van der Waals surface area contributed by atoms with Gasteiger partial charge < -0.3 is 27.0 Å². The zero-order valence-corrected chi connectivity index (χ0v) is 11.2. The van der Waals surface area contributed by atoms with Crippen molar-refractivity contribution >= 4 is 11.9 Å². The van der Waals surface area contributed by atoms with Crippen LogP contribution < -0.4 is 16.8 Å². The molecule has 1 aliphatic heterocycles. The van der Waals surface area contributed by atoms with Crippen molar-refractivity contribution in [2.24, 2.45) is 11.5 Å². The second-order valence-corrected chi connectivity index (χ2v) is 4.57. The highest BCUT2D eigenvalue weighted by molar-refractivity contribution is 5.73. The zero-order chi connectivity index (χ0) is 14.7. The molecule has 0 radical (unpaired) electrons. The third kappa shape index (κ3) is 9.40. The van der Waals surface area contributed by atoms with Gasteiger partial charge in [-0.1, -0.05) is 12.8 Å². The Kier molecular flexibility index (Phi) is 10.1. The third-order valence-electron chi connectivity index (χ3n) is 2.89. The van der Waals surface area contributed by atoms with Crippen molar-refractivity contribution in [2.75, 3.05) is 13.1 Å². The first-order valence-electron chi connectivity index (χ1n) is 6.63. The number of carboxylic acid groups (broad SMARTS) is 2. The molecule has 0 aliphatic carbocycles. The van der Waals surface area contributed by atoms with E-state index in [1.165, 1.54) is 0 Å². The molecule has 1 aliphatic rings. The highest BCUT2D eigenvalue weighted by Crippen LogP contribution is 2.05. The summed E-state index contributed by atoms with van der Waals surface area (Å²) in [4.78, 5) is 20.4. The molecule has 19 heavy (non-hydrogen) atoms. The van der Waals surface area contributed by atoms with Crippen LogP contribution in [0.25, 0.3) is 0 Å². The van der Waals surface area contributed by atoms with E-state index < -0.39 is 18.0 Å². The molecule has 0 aromatic rings. The van der Waals surface area contributed by atoms with Crippen LogP contribution in [0.2, 0.25) is 0 Å². The van der Waals surface area contributed by atoms with Gasteiger partial charge in [0, 0.05) is 0 Å². The predicted octanol–water partition coefficient (Wildman–Crippen LogP) is -0.260. The molecule has 0 spiro atoms. The average Bonchev–Trinajstić information content (AvgIpc) is 2.40. The Morgan fingerprint density at radius 1 is 1.26 bits per heavy atom. The van der Waals surface area contributed by atoms with Gasteiger partial charge in [-0.15, -0.1) is 0 Å². The van der Waals surface area contributed by atoms with Crippen molar-refractivity contribution in [1.82, 2.24) is 5.32 Å². The number of nitrogens with two attached hydrogens (primary N) is 2. The largest absolute Gasteiger partial charge is 0.480 e. The first-order valence-corrected chi connectivity index (χ1v) is 6.63. The van der Waals surface area contributed by atoms with Gasteiger partial charge in [0.1, 0.15) is 12.1 Å². The van der Waals surface area contributed by atoms with Gasteiger partial charge in [0.05, 0.1) is 0 Å². The van der Waals surface area contributed by atoms with E-state index in [4.69, 9.17) is 21.7 Å². The van der Waals surface area contributed by atoms with Crippen molar-refractivity contribution in [3.63, 3.8) is 0 Å². The summed E-state index contributed by atoms with van der Waals surface area (Å²) < 4.78 is 0. The van der Waals surface area contributed by atoms with Crippen LogP contribution >= 0.6 is 0 Å². The van der Waals surface area contributed by atoms with Gasteiger partial charge in [-0.3, -0.25) is 9.59 Å². The monoisotopic (exact) mass is 275 g/mol. The number of unbranched alkanes of at least 4 members (excludes halogenated alkanes) is 1. The van der Waals surface area contributed by atoms with E-state index in [1.54, 1.807) is 0 Å². The fourth-order valence-corrected chi connectivity index (χ4v) is 1.69. The summed E-state index contributed by atoms with van der Waals surface area (Å²) in [5.74, 6) is -1.65. The van der Waals surface area contributed by atoms with Crippen LogP contribution in [-0.4, -0.2) is 47.3 Å². The minimum absolute atomic E-state index is 0.279. The molecule has 1 rings (SSSR count). The standard InChI is InChI=1S/C6H14N2O2.C6H11NO2/c7-4-2-1-3-5(8)6(9)10;8-6(9)5-3-1-2-4-7-5/h5H,1-4,7-8H2,(H,9,10);5,7H,1-4H2,(H,8,9)/t2*5-/m01/s1. The van der Waals surface area contributed by atoms with E-state index in [9.17, 15) is 9.59 Å². The van der Waals surface area contributed by atoms with Gasteiger partial charge in [0.2, 0.25) is 0 Å². The van der Waals surface area contributed by atoms with Gasteiger partial charge in [0.25, 0.3) is 0 Å². The molecule has 0 aromatic carbocycles. The Bertz CT molecular complexity index is 268. The Hall–Kier alpha value is -1.18. The van der Waals surface area contributed by atoms with Crippen LogP contribution in [0, 0.1) is 0 Å². The number of piperidine rings is 1. The highest BCUT2D eigenvalue weighted by Gasteiger charge is 2.18. The van der Waals surface area contributed by atoms with Gasteiger partial charge in [-0.25, -0.2) is 0 Å². The molecule has 1 fully saturated rings. The zero-order valence-electron chi connectivity index (χ0n) is 11.2. The predicted molar refractivity (Wildman–Crippen MR) is 71.8 cm³/mol. The lowest BCUT2D eigenvalue weighted by Crippen LogP contribution is -2.40. The molecule has 0 aromatic heterocycles. The Morgan fingerprint density at radius 2 is 1.95 bits per heavy atom. The normalized spacial score (nSPS) is 20.0. The lowest BCUT2D eigenvalue weighted by molar-refractivity contribution is -0.140. The maximum absolute atomic E-state index is 10.3. The summed E-state index contributed by atoms with van der Waals surface area (Å²) in [5.41, 5.74) is 10.4. The van der Waals surface area contributed by atoms with E-state index in [0.29, 0.717) is 13.0 Å². The molecule has 0 saturated carbocycles. The number of carbonyl (C=O) groups is 2. The topological polar surface area (TPSA) is 139 Å². The fourth-order valence-electron chi connectivity index (χ4n) is 1.69. The van der Waals surface area contributed by atoms with E-state index >= 15 is 0 Å². The number of rotatable bonds is 6. The molecular formula is C12H25N3O4. The van der Waals surface area contributed by atoms with E-state index in [-0.39, 0.29) is 6.04 Å². The molecular weight excluding hydrogens is 250 g/mol. The smallest absolute Gasteiger partial charge is 0.320 e. The summed E-state index contributed by atoms with van der Waals surface area (Å²) in [6, 6.07) is -0.995. The van der Waals surface area contributed by atoms with Crippen LogP contribution in [0.1, 0.15) is 38.5 Å². The molecule has 7 heteroatoms. The third-order valence-corrected chi connectivity index (χ3v) is 2.89. The van der Waals surface area contributed by atoms with Crippen molar-refractivity contribution in [3.05, 3.63) is 0 Å². The molecule has 2 atom stereocenters. The first kappa shape index (κ1) is 17.8. The minimum atomic E-state index is -0.933. The van der Waals surface area contributed by atoms with Crippen molar-refractivity contribution in [2.45, 2.75) is 50.6 Å². The molecule has 1 saturated heterocycles. The molecule has 0 bridgehead atoms. The fraction of sp³-hybridized carbons (Fsp3) is 0.833. The first-order chi connectivity index (χ1) is 8.99. The van der Waals surface area contributed by atoms with E-state index in [2.05, 4.69) is 5.32 Å². The van der Waals surface area contributed by atoms with Crippen molar-refractivity contribution in [3.8, 4) is 0 Å². The van der Waals surface area contributed by atoms with Gasteiger partial charge in [0.15, 0.2) is 0 Å². The molecule has 0 amide bonds. The second kappa shape index (κ2) is 10.7. The Labute approximate surface area is 113 Å². The summed E-state index contributed by atoms with van der Waals surface area (Å²) in [6.45, 7) is 1.46. The average molecular weight is 275 g/mol. The molecule has 0 unspecified atom stereocenters. The van der Waals surface area contributed by atoms with Crippen LogP contribution in [-0.2, 0) is 9.59 Å². The molecule has 112 valence electrons. The van der Waals surface area contributed by atoms with Crippen LogP contribution in [0.4, 0.5) is 0 Å². The van der Waals surface area contributed by atoms with Crippen molar-refractivity contribution in [1.29, 1.82) is 0 Å². The number of aliphatic carboxylic acids is 2. The molecule has 7 nitrogen and oxygen atoms in total. The maximum atomic E-state index is 10.3. The molecule has 7 N–H and O–H groups in total. The number of nitrogens with one attached hydrogen (secondary N) is 1. The number of carboxylic acids is 2. The minimum Gasteiger partial charge on any atom is -0.480 e. The van der Waals surface area contributed by atoms with Crippen LogP contribution in [0.5, 0.6) is 0 Å². The van der Waals surface area contributed by atoms with E-state index in [1.807, 2.05) is 0 Å². The van der Waals surface area contributed by atoms with Gasteiger partial charge >= 0.3 is 11.9 Å². The SMILES string of the molecule is NCCCC[C@H](N)C(=O)O.O=C(O)[C@H]1CCCCN1. The number of hydrogen-bond donors (Lipinski definition) is 5. The molecule has 1 heterocycles. The van der Waals surface area contributed by atoms with Gasteiger partial charge in [-0.2, -0.15) is 0 Å². The van der Waals surface area contributed by atoms with Crippen molar-refractivity contribution < 1.29 is 19.8 Å². The lowest BCUT2D eigenvalue weighted by Gasteiger charge is -2.18. The Balaban J connectivity index is 0.000000342. The quantitative estimate of drug-likeness (QED) is 0.421. The lowest BCUT2D eigenvalue weighted by atomic mass is 10.1. The van der Waals surface area contributed by atoms with Crippen LogP contribution in [0.15, 0.2) is 0 Å². The van der Waals surface area contributed by atoms with Crippen LogP contribution in [0.3, 0.4) is 0 Å². The summed E-state index contributed by atoms with van der Waals surface area (Å²) in [6.07, 6.45) is 5.11. The Morgan fingerprint density at radius 3 is 2.32 bits per heavy atom. The second-order valence-electron chi connectivity index (χ2n) is 4.57. The van der Waals surface area contributed by atoms with E-state index in [0.717, 1.165) is 38.6 Å². The summed E-state index contributed by atoms with van der Waals surface area (Å²) in [5, 5.41) is 19.7. The summed E-state index contributed by atoms with van der Waals surface area (Å²) in [7, 11) is 0. The summed E-state index contributed by atoms with van der Waals surface area (Å²) >= 11 is 0. The maximum Gasteiger partial charge on any atom is 0.320 e. The van der Waals surface area contributed by atoms with Gasteiger partial charge in [-0.05, 0) is 38.8 Å². The number of hydrogen-bond acceptors (Lipinski definition) is 5. The highest BCUT2D eigenvalue weighted by atomic mass is 16.4.